The maximum atomic E-state index is 12.7. The molecule has 0 spiro atoms. The molecule has 1 aromatic heterocycles. The summed E-state index contributed by atoms with van der Waals surface area (Å²) >= 11 is 0. The lowest BCUT2D eigenvalue weighted by Crippen LogP contribution is -2.43. The van der Waals surface area contributed by atoms with Crippen LogP contribution in [0.2, 0.25) is 0 Å². The number of fused-ring (bicyclic) bond motifs is 2. The van der Waals surface area contributed by atoms with Crippen LogP contribution < -0.4 is 14.8 Å². The van der Waals surface area contributed by atoms with Crippen LogP contribution in [0.15, 0.2) is 42.6 Å². The van der Waals surface area contributed by atoms with Gasteiger partial charge in [0.25, 0.3) is 0 Å². The van der Waals surface area contributed by atoms with Crippen molar-refractivity contribution in [3.63, 3.8) is 0 Å². The van der Waals surface area contributed by atoms with Crippen LogP contribution in [0, 0.1) is 0 Å². The second-order valence-electron chi connectivity index (χ2n) is 8.79. The highest BCUT2D eigenvalue weighted by Crippen LogP contribution is 2.32. The minimum Gasteiger partial charge on any atom is -0.490 e. The fourth-order valence-corrected chi connectivity index (χ4v) is 4.26. The van der Waals surface area contributed by atoms with E-state index in [9.17, 15) is 4.79 Å². The Kier molecular flexibility index (Phi) is 9.54. The molecule has 34 heavy (non-hydrogen) atoms. The van der Waals surface area contributed by atoms with E-state index in [1.165, 1.54) is 0 Å². The number of carbonyl (C=O) groups is 1. The van der Waals surface area contributed by atoms with Crippen LogP contribution >= 0.6 is 0 Å². The fraction of sp³-hybridized carbons (Fsp3) is 0.538. The number of nitrogens with zero attached hydrogens (tertiary/aromatic N) is 3. The number of hydrogen-bond donors (Lipinski definition) is 1. The summed E-state index contributed by atoms with van der Waals surface area (Å²) in [5.74, 6) is 1.99. The highest BCUT2D eigenvalue weighted by Gasteiger charge is 2.17. The third-order valence-electron chi connectivity index (χ3n) is 6.15. The molecule has 3 heterocycles. The summed E-state index contributed by atoms with van der Waals surface area (Å²) in [7, 11) is 0. The van der Waals surface area contributed by atoms with E-state index in [2.05, 4.69) is 20.1 Å². The third-order valence-corrected chi connectivity index (χ3v) is 6.15. The number of aromatic nitrogens is 1. The zero-order chi connectivity index (χ0) is 23.4. The average molecular weight is 469 g/mol. The van der Waals surface area contributed by atoms with Gasteiger partial charge in [0.05, 0.1) is 26.4 Å². The zero-order valence-corrected chi connectivity index (χ0v) is 19.9. The smallest absolute Gasteiger partial charge is 0.234 e. The number of pyridine rings is 1. The lowest BCUT2D eigenvalue weighted by atomic mass is 10.1. The summed E-state index contributed by atoms with van der Waals surface area (Å²) in [6, 6.07) is 11.6. The molecular formula is C26H36N4O4. The van der Waals surface area contributed by atoms with E-state index in [0.717, 1.165) is 76.4 Å². The van der Waals surface area contributed by atoms with Crippen LogP contribution in [-0.2, 0) is 16.1 Å². The van der Waals surface area contributed by atoms with Gasteiger partial charge >= 0.3 is 0 Å². The summed E-state index contributed by atoms with van der Waals surface area (Å²) in [6.07, 6.45) is 5.96. The van der Waals surface area contributed by atoms with E-state index in [-0.39, 0.29) is 5.91 Å². The summed E-state index contributed by atoms with van der Waals surface area (Å²) < 4.78 is 17.6. The number of hydrogen-bond acceptors (Lipinski definition) is 7. The van der Waals surface area contributed by atoms with Crippen molar-refractivity contribution in [3.8, 4) is 17.4 Å². The molecule has 1 N–H and O–H groups in total. The van der Waals surface area contributed by atoms with Crippen LogP contribution in [0.4, 0.5) is 0 Å². The lowest BCUT2D eigenvalue weighted by molar-refractivity contribution is -0.122. The van der Waals surface area contributed by atoms with E-state index >= 15 is 0 Å². The molecule has 8 nitrogen and oxygen atoms in total. The average Bonchev–Trinajstić information content (AvgIpc) is 2.86. The number of para-hydroxylation sites is 2. The van der Waals surface area contributed by atoms with Gasteiger partial charge in [-0.15, -0.1) is 0 Å². The first-order valence-electron chi connectivity index (χ1n) is 12.4. The Labute approximate surface area is 202 Å². The molecule has 4 rings (SSSR count). The van der Waals surface area contributed by atoms with E-state index in [0.29, 0.717) is 37.9 Å². The Morgan fingerprint density at radius 3 is 2.62 bits per heavy atom. The topological polar surface area (TPSA) is 76.2 Å². The molecular weight excluding hydrogens is 432 g/mol. The van der Waals surface area contributed by atoms with Crippen LogP contribution in [0.5, 0.6) is 17.4 Å². The molecule has 184 valence electrons. The van der Waals surface area contributed by atoms with Gasteiger partial charge in [0.2, 0.25) is 11.8 Å². The summed E-state index contributed by atoms with van der Waals surface area (Å²) in [5.41, 5.74) is 0.954. The van der Waals surface area contributed by atoms with Gasteiger partial charge in [0.1, 0.15) is 0 Å². The zero-order valence-electron chi connectivity index (χ0n) is 19.9. The largest absolute Gasteiger partial charge is 0.490 e. The monoisotopic (exact) mass is 468 g/mol. The first-order chi connectivity index (χ1) is 16.8. The Bertz CT molecular complexity index is 904. The van der Waals surface area contributed by atoms with Gasteiger partial charge in [0, 0.05) is 44.5 Å². The first-order valence-corrected chi connectivity index (χ1v) is 12.4. The van der Waals surface area contributed by atoms with E-state index in [1.807, 2.05) is 36.4 Å². The minimum atomic E-state index is 0.0551. The molecule has 1 fully saturated rings. The number of ether oxygens (including phenoxy) is 3. The van der Waals surface area contributed by atoms with Crippen LogP contribution in [0.1, 0.15) is 31.2 Å². The van der Waals surface area contributed by atoms with Crippen molar-refractivity contribution < 1.29 is 19.0 Å². The third kappa shape index (κ3) is 7.68. The molecule has 0 atom stereocenters. The summed E-state index contributed by atoms with van der Waals surface area (Å²) in [6.45, 7) is 7.39. The number of rotatable bonds is 5. The van der Waals surface area contributed by atoms with Gasteiger partial charge in [-0.05, 0) is 37.6 Å². The predicted molar refractivity (Wildman–Crippen MR) is 130 cm³/mol. The van der Waals surface area contributed by atoms with Crippen molar-refractivity contribution in [3.05, 3.63) is 48.2 Å². The molecule has 0 aliphatic carbocycles. The molecule has 8 heteroatoms. The number of carbonyl (C=O) groups excluding carboxylic acids is 1. The molecule has 1 saturated heterocycles. The Balaban J connectivity index is 1.40. The minimum absolute atomic E-state index is 0.0551. The molecule has 0 bridgehead atoms. The van der Waals surface area contributed by atoms with Crippen molar-refractivity contribution in [2.45, 2.75) is 32.2 Å². The fourth-order valence-electron chi connectivity index (χ4n) is 4.26. The van der Waals surface area contributed by atoms with Gasteiger partial charge in [-0.25, -0.2) is 4.98 Å². The highest BCUT2D eigenvalue weighted by atomic mass is 16.5. The van der Waals surface area contributed by atoms with Crippen LogP contribution in [0.25, 0.3) is 0 Å². The number of nitrogens with one attached hydrogen (secondary N) is 1. The van der Waals surface area contributed by atoms with Gasteiger partial charge in [-0.1, -0.05) is 31.0 Å². The van der Waals surface area contributed by atoms with E-state index in [4.69, 9.17) is 14.2 Å². The van der Waals surface area contributed by atoms with Gasteiger partial charge < -0.3 is 19.5 Å². The maximum absolute atomic E-state index is 12.7. The summed E-state index contributed by atoms with van der Waals surface area (Å²) in [5, 5.41) is 3.09. The molecule has 2 aliphatic heterocycles. The molecule has 0 radical (unpaired) electrons. The normalized spacial score (nSPS) is 18.5. The summed E-state index contributed by atoms with van der Waals surface area (Å²) in [4.78, 5) is 21.7. The standard InChI is InChI=1S/C26H36N4O4/c31-25(27-12-14-29-15-18-32-19-16-29)21-30-13-5-1-2-6-17-33-23-9-3-4-10-24(23)34-26-22(20-30)8-7-11-28-26/h3-4,7-11H,1-2,5-6,12-21H2,(H,27,31). The maximum Gasteiger partial charge on any atom is 0.234 e. The van der Waals surface area contributed by atoms with Gasteiger partial charge in [-0.2, -0.15) is 0 Å². The van der Waals surface area contributed by atoms with Crippen molar-refractivity contribution in [1.29, 1.82) is 0 Å². The van der Waals surface area contributed by atoms with Gasteiger partial charge in [-0.3, -0.25) is 14.6 Å². The second kappa shape index (κ2) is 13.3. The molecule has 1 amide bonds. The van der Waals surface area contributed by atoms with Crippen molar-refractivity contribution in [2.24, 2.45) is 0 Å². The second-order valence-corrected chi connectivity index (χ2v) is 8.79. The van der Waals surface area contributed by atoms with Gasteiger partial charge in [0.15, 0.2) is 11.5 Å². The lowest BCUT2D eigenvalue weighted by Gasteiger charge is -2.27. The molecule has 2 aromatic rings. The number of benzene rings is 1. The van der Waals surface area contributed by atoms with Crippen LogP contribution in [-0.4, -0.2) is 79.8 Å². The van der Waals surface area contributed by atoms with Crippen LogP contribution in [0.3, 0.4) is 0 Å². The first kappa shape index (κ1) is 24.4. The van der Waals surface area contributed by atoms with Crippen molar-refractivity contribution >= 4 is 5.91 Å². The Hall–Kier alpha value is -2.68. The Morgan fingerprint density at radius 2 is 1.74 bits per heavy atom. The molecule has 0 saturated carbocycles. The molecule has 0 unspecified atom stereocenters. The SMILES string of the molecule is O=C(CN1CCCCCCOc2ccccc2Oc2ncccc2C1)NCCN1CCOCC1. The predicted octanol–water partition coefficient (Wildman–Crippen LogP) is 3.08. The molecule has 2 aliphatic rings. The van der Waals surface area contributed by atoms with Crippen molar-refractivity contribution in [1.82, 2.24) is 20.1 Å². The number of morpholine rings is 1. The number of amides is 1. The highest BCUT2D eigenvalue weighted by molar-refractivity contribution is 5.78. The van der Waals surface area contributed by atoms with Crippen molar-refractivity contribution in [2.75, 3.05) is 59.1 Å². The van der Waals surface area contributed by atoms with E-state index in [1.54, 1.807) is 6.20 Å². The Morgan fingerprint density at radius 1 is 0.912 bits per heavy atom. The molecule has 1 aromatic carbocycles. The van der Waals surface area contributed by atoms with E-state index < -0.39 is 0 Å². The quantitative estimate of drug-likeness (QED) is 0.723.